The third-order valence-electron chi connectivity index (χ3n) is 4.48. The maximum atomic E-state index is 13.1. The van der Waals surface area contributed by atoms with Crippen molar-refractivity contribution in [3.63, 3.8) is 0 Å². The number of carbonyl (C=O) groups is 1. The standard InChI is InChI=1S/C20H25N5O/c1-12(2)9-17(19-21-11-22-25(19)5)24-20(26)16-10-14(4)23-18-13(3)7-6-8-15(16)18/h6-8,10-12,17H,9H2,1-5H3,(H,24,26)/t17-/m1/s1. The fraction of sp³-hybridized carbons (Fsp3) is 0.400. The van der Waals surface area contributed by atoms with E-state index in [1.807, 2.05) is 45.2 Å². The molecular weight excluding hydrogens is 326 g/mol. The lowest BCUT2D eigenvalue weighted by molar-refractivity contribution is 0.0930. The van der Waals surface area contributed by atoms with Crippen molar-refractivity contribution in [3.05, 3.63) is 53.2 Å². The van der Waals surface area contributed by atoms with Crippen LogP contribution in [0.15, 0.2) is 30.6 Å². The molecule has 3 rings (SSSR count). The molecule has 2 aromatic heterocycles. The van der Waals surface area contributed by atoms with E-state index in [2.05, 4.69) is 34.2 Å². The minimum absolute atomic E-state index is 0.111. The van der Waals surface area contributed by atoms with E-state index in [0.717, 1.165) is 34.4 Å². The zero-order chi connectivity index (χ0) is 18.8. The Balaban J connectivity index is 1.99. The summed E-state index contributed by atoms with van der Waals surface area (Å²) < 4.78 is 1.72. The number of rotatable bonds is 5. The summed E-state index contributed by atoms with van der Waals surface area (Å²) in [6.45, 7) is 8.18. The normalized spacial score (nSPS) is 12.5. The Labute approximate surface area is 153 Å². The predicted octanol–water partition coefficient (Wildman–Crippen LogP) is 3.50. The van der Waals surface area contributed by atoms with Crippen molar-refractivity contribution < 1.29 is 4.79 Å². The molecule has 0 bridgehead atoms. The van der Waals surface area contributed by atoms with Crippen LogP contribution < -0.4 is 5.32 Å². The number of hydrogen-bond donors (Lipinski definition) is 1. The number of carbonyl (C=O) groups excluding carboxylic acids is 1. The zero-order valence-electron chi connectivity index (χ0n) is 15.9. The van der Waals surface area contributed by atoms with Crippen molar-refractivity contribution in [2.75, 3.05) is 0 Å². The van der Waals surface area contributed by atoms with Gasteiger partial charge in [0, 0.05) is 18.1 Å². The average molecular weight is 351 g/mol. The molecule has 0 unspecified atom stereocenters. The molecule has 0 spiro atoms. The van der Waals surface area contributed by atoms with Gasteiger partial charge in [0.1, 0.15) is 12.2 Å². The van der Waals surface area contributed by atoms with Crippen LogP contribution in [0.4, 0.5) is 0 Å². The van der Waals surface area contributed by atoms with Crippen molar-refractivity contribution in [2.45, 2.75) is 40.2 Å². The van der Waals surface area contributed by atoms with E-state index in [-0.39, 0.29) is 11.9 Å². The Morgan fingerprint density at radius 2 is 2.04 bits per heavy atom. The molecule has 0 aliphatic rings. The molecule has 2 heterocycles. The van der Waals surface area contributed by atoms with Crippen LogP contribution in [-0.4, -0.2) is 25.7 Å². The van der Waals surface area contributed by atoms with Gasteiger partial charge in [-0.15, -0.1) is 0 Å². The molecule has 1 amide bonds. The highest BCUT2D eigenvalue weighted by Gasteiger charge is 2.22. The molecule has 0 fully saturated rings. The van der Waals surface area contributed by atoms with E-state index in [4.69, 9.17) is 0 Å². The first-order valence-electron chi connectivity index (χ1n) is 8.88. The van der Waals surface area contributed by atoms with Crippen LogP contribution in [0.3, 0.4) is 0 Å². The van der Waals surface area contributed by atoms with Gasteiger partial charge in [-0.25, -0.2) is 4.98 Å². The second-order valence-corrected chi connectivity index (χ2v) is 7.18. The molecule has 26 heavy (non-hydrogen) atoms. The monoisotopic (exact) mass is 351 g/mol. The minimum Gasteiger partial charge on any atom is -0.342 e. The van der Waals surface area contributed by atoms with E-state index in [1.54, 1.807) is 4.68 Å². The van der Waals surface area contributed by atoms with Gasteiger partial charge in [0.05, 0.1) is 17.1 Å². The highest BCUT2D eigenvalue weighted by molar-refractivity contribution is 6.06. The molecule has 1 atom stereocenters. The lowest BCUT2D eigenvalue weighted by Crippen LogP contribution is -2.31. The first-order chi connectivity index (χ1) is 12.4. The Bertz CT molecular complexity index is 945. The molecule has 1 aromatic carbocycles. The zero-order valence-corrected chi connectivity index (χ0v) is 15.9. The van der Waals surface area contributed by atoms with Crippen LogP contribution in [0, 0.1) is 19.8 Å². The second-order valence-electron chi connectivity index (χ2n) is 7.18. The van der Waals surface area contributed by atoms with Crippen molar-refractivity contribution >= 4 is 16.8 Å². The molecule has 136 valence electrons. The van der Waals surface area contributed by atoms with E-state index in [1.165, 1.54) is 6.33 Å². The van der Waals surface area contributed by atoms with Gasteiger partial charge < -0.3 is 5.32 Å². The van der Waals surface area contributed by atoms with Crippen LogP contribution in [0.5, 0.6) is 0 Å². The van der Waals surface area contributed by atoms with Gasteiger partial charge in [-0.1, -0.05) is 32.0 Å². The van der Waals surface area contributed by atoms with Gasteiger partial charge in [-0.3, -0.25) is 14.5 Å². The molecule has 0 saturated heterocycles. The fourth-order valence-electron chi connectivity index (χ4n) is 3.26. The number of nitrogens with one attached hydrogen (secondary N) is 1. The molecule has 0 saturated carbocycles. The average Bonchev–Trinajstić information content (AvgIpc) is 3.00. The molecule has 6 heteroatoms. The molecule has 0 aliphatic heterocycles. The van der Waals surface area contributed by atoms with Gasteiger partial charge in [-0.05, 0) is 37.8 Å². The van der Waals surface area contributed by atoms with Crippen LogP contribution in [-0.2, 0) is 7.05 Å². The van der Waals surface area contributed by atoms with Crippen LogP contribution in [0.2, 0.25) is 0 Å². The van der Waals surface area contributed by atoms with E-state index >= 15 is 0 Å². The topological polar surface area (TPSA) is 72.7 Å². The Morgan fingerprint density at radius 1 is 1.27 bits per heavy atom. The first-order valence-corrected chi connectivity index (χ1v) is 8.88. The van der Waals surface area contributed by atoms with E-state index < -0.39 is 0 Å². The number of aromatic nitrogens is 4. The van der Waals surface area contributed by atoms with Gasteiger partial charge in [0.2, 0.25) is 0 Å². The summed E-state index contributed by atoms with van der Waals surface area (Å²) in [6, 6.07) is 7.57. The van der Waals surface area contributed by atoms with Gasteiger partial charge in [0.15, 0.2) is 0 Å². The van der Waals surface area contributed by atoms with Gasteiger partial charge in [0.25, 0.3) is 5.91 Å². The molecule has 1 N–H and O–H groups in total. The summed E-state index contributed by atoms with van der Waals surface area (Å²) in [5.41, 5.74) is 3.41. The molecule has 6 nitrogen and oxygen atoms in total. The highest BCUT2D eigenvalue weighted by atomic mass is 16.1. The largest absolute Gasteiger partial charge is 0.342 e. The van der Waals surface area contributed by atoms with Crippen molar-refractivity contribution in [3.8, 4) is 0 Å². The smallest absolute Gasteiger partial charge is 0.252 e. The third kappa shape index (κ3) is 3.59. The van der Waals surface area contributed by atoms with Crippen molar-refractivity contribution in [2.24, 2.45) is 13.0 Å². The number of fused-ring (bicyclic) bond motifs is 1. The van der Waals surface area contributed by atoms with Crippen LogP contribution >= 0.6 is 0 Å². The SMILES string of the molecule is Cc1cc(C(=O)N[C@H](CC(C)C)c2ncnn2C)c2cccc(C)c2n1. The summed E-state index contributed by atoms with van der Waals surface area (Å²) in [4.78, 5) is 22.1. The molecular formula is C20H25N5O. The summed E-state index contributed by atoms with van der Waals surface area (Å²) >= 11 is 0. The Morgan fingerprint density at radius 3 is 2.69 bits per heavy atom. The minimum atomic E-state index is -0.191. The second kappa shape index (κ2) is 7.23. The molecule has 3 aromatic rings. The maximum Gasteiger partial charge on any atom is 0.252 e. The maximum absolute atomic E-state index is 13.1. The van der Waals surface area contributed by atoms with Crippen molar-refractivity contribution in [1.29, 1.82) is 0 Å². The number of pyridine rings is 1. The highest BCUT2D eigenvalue weighted by Crippen LogP contribution is 2.24. The van der Waals surface area contributed by atoms with Crippen LogP contribution in [0.25, 0.3) is 10.9 Å². The molecule has 0 radical (unpaired) electrons. The lowest BCUT2D eigenvalue weighted by Gasteiger charge is -2.20. The number of aryl methyl sites for hydroxylation is 3. The number of nitrogens with zero attached hydrogens (tertiary/aromatic N) is 4. The fourth-order valence-corrected chi connectivity index (χ4v) is 3.26. The summed E-state index contributed by atoms with van der Waals surface area (Å²) in [5, 5.41) is 8.17. The van der Waals surface area contributed by atoms with Gasteiger partial charge >= 0.3 is 0 Å². The predicted molar refractivity (Wildman–Crippen MR) is 102 cm³/mol. The molecule has 0 aliphatic carbocycles. The quantitative estimate of drug-likeness (QED) is 0.763. The number of para-hydroxylation sites is 1. The van der Waals surface area contributed by atoms with Crippen LogP contribution in [0.1, 0.15) is 53.7 Å². The summed E-state index contributed by atoms with van der Waals surface area (Å²) in [6.07, 6.45) is 2.31. The lowest BCUT2D eigenvalue weighted by atomic mass is 10.0. The Kier molecular flexibility index (Phi) is 5.02. The number of hydrogen-bond acceptors (Lipinski definition) is 4. The summed E-state index contributed by atoms with van der Waals surface area (Å²) in [5.74, 6) is 1.06. The first kappa shape index (κ1) is 18.0. The van der Waals surface area contributed by atoms with Crippen molar-refractivity contribution in [1.82, 2.24) is 25.1 Å². The number of amides is 1. The Hall–Kier alpha value is -2.76. The van der Waals surface area contributed by atoms with Gasteiger partial charge in [-0.2, -0.15) is 5.10 Å². The van der Waals surface area contributed by atoms with E-state index in [9.17, 15) is 4.79 Å². The third-order valence-corrected chi connectivity index (χ3v) is 4.48. The number of benzene rings is 1. The summed E-state index contributed by atoms with van der Waals surface area (Å²) in [7, 11) is 1.84. The van der Waals surface area contributed by atoms with E-state index in [0.29, 0.717) is 11.5 Å².